The Morgan fingerprint density at radius 2 is 1.93 bits per heavy atom. The summed E-state index contributed by atoms with van der Waals surface area (Å²) in [5.41, 5.74) is -1.58. The number of carbonyl (C=O) groups excluding carboxylic acids is 1. The number of allylic oxidation sites excluding steroid dienone is 1. The van der Waals surface area contributed by atoms with E-state index < -0.39 is 23.4 Å². The van der Waals surface area contributed by atoms with Crippen LogP contribution in [0.2, 0.25) is 0 Å². The van der Waals surface area contributed by atoms with Crippen molar-refractivity contribution in [2.45, 2.75) is 13.1 Å². The third-order valence-corrected chi connectivity index (χ3v) is 3.27. The number of ether oxygens (including phenoxy) is 1. The van der Waals surface area contributed by atoms with Gasteiger partial charge in [-0.15, -0.1) is 0 Å². The average Bonchev–Trinajstić information content (AvgIpc) is 3.09. The minimum Gasteiger partial charge on any atom is -0.462 e. The Morgan fingerprint density at radius 3 is 2.44 bits per heavy atom. The van der Waals surface area contributed by atoms with Gasteiger partial charge in [-0.05, 0) is 31.2 Å². The lowest BCUT2D eigenvalue weighted by molar-refractivity contribution is -0.143. The fraction of sp³-hybridized carbons (Fsp3) is 0.176. The molecule has 0 aliphatic heterocycles. The molecule has 0 spiro atoms. The molecule has 2 aromatic rings. The second-order valence-electron chi connectivity index (χ2n) is 5.01. The maximum Gasteiger partial charge on any atom is 0.434 e. The Kier molecular flexibility index (Phi) is 5.83. The number of hydrogen-bond acceptors (Lipinski definition) is 6. The van der Waals surface area contributed by atoms with Gasteiger partial charge in [0.1, 0.15) is 23.3 Å². The van der Waals surface area contributed by atoms with Gasteiger partial charge >= 0.3 is 12.1 Å². The molecule has 1 aromatic heterocycles. The first-order valence-corrected chi connectivity index (χ1v) is 7.51. The minimum absolute atomic E-state index is 0.0631. The highest BCUT2D eigenvalue weighted by Crippen LogP contribution is 2.34. The van der Waals surface area contributed by atoms with E-state index >= 15 is 0 Å². The summed E-state index contributed by atoms with van der Waals surface area (Å²) in [6.07, 6.45) is -2.85. The molecule has 0 amide bonds. The molecule has 7 nitrogen and oxygen atoms in total. The van der Waals surface area contributed by atoms with Crippen molar-refractivity contribution >= 4 is 11.7 Å². The zero-order valence-electron chi connectivity index (χ0n) is 13.9. The van der Waals surface area contributed by atoms with Gasteiger partial charge in [-0.25, -0.2) is 9.48 Å². The lowest BCUT2D eigenvalue weighted by Gasteiger charge is -2.12. The number of nitriles is 2. The van der Waals surface area contributed by atoms with Crippen LogP contribution in [-0.2, 0) is 10.9 Å². The number of hydrogen-bond donors (Lipinski definition) is 1. The minimum atomic E-state index is -4.83. The summed E-state index contributed by atoms with van der Waals surface area (Å²) in [4.78, 5) is 11.8. The number of halogens is 3. The van der Waals surface area contributed by atoms with E-state index in [1.165, 1.54) is 37.4 Å². The number of esters is 1. The number of aromatic nitrogens is 2. The Hall–Kier alpha value is -3.79. The highest BCUT2D eigenvalue weighted by Gasteiger charge is 2.41. The molecule has 1 heterocycles. The van der Waals surface area contributed by atoms with Gasteiger partial charge in [-0.3, -0.25) is 0 Å². The lowest BCUT2D eigenvalue weighted by Crippen LogP contribution is -2.18. The van der Waals surface area contributed by atoms with Gasteiger partial charge in [0.25, 0.3) is 0 Å². The highest BCUT2D eigenvalue weighted by atomic mass is 19.4. The normalized spacial score (nSPS) is 10.4. The van der Waals surface area contributed by atoms with Crippen LogP contribution in [0.15, 0.2) is 42.2 Å². The topological polar surface area (TPSA) is 104 Å². The van der Waals surface area contributed by atoms with E-state index in [2.05, 4.69) is 15.2 Å². The van der Waals surface area contributed by atoms with Crippen LogP contribution >= 0.6 is 0 Å². The third kappa shape index (κ3) is 4.44. The summed E-state index contributed by atoms with van der Waals surface area (Å²) in [5.74, 6) is -1.11. The quantitative estimate of drug-likeness (QED) is 0.634. The Labute approximate surface area is 151 Å². The van der Waals surface area contributed by atoms with Crippen molar-refractivity contribution in [1.82, 2.24) is 9.78 Å². The Balaban J connectivity index is 2.39. The fourth-order valence-electron chi connectivity index (χ4n) is 2.12. The van der Waals surface area contributed by atoms with Crippen molar-refractivity contribution in [3.05, 3.63) is 53.5 Å². The van der Waals surface area contributed by atoms with Crippen molar-refractivity contribution in [1.29, 1.82) is 10.5 Å². The molecule has 0 aliphatic carbocycles. The van der Waals surface area contributed by atoms with Crippen molar-refractivity contribution in [3.8, 4) is 17.8 Å². The predicted octanol–water partition coefficient (Wildman–Crippen LogP) is 3.41. The summed E-state index contributed by atoms with van der Waals surface area (Å²) in [5, 5.41) is 23.6. The maximum absolute atomic E-state index is 13.4. The summed E-state index contributed by atoms with van der Waals surface area (Å²) in [6.45, 7) is 1.42. The molecule has 0 radical (unpaired) electrons. The average molecular weight is 375 g/mol. The van der Waals surface area contributed by atoms with E-state index in [9.17, 15) is 18.0 Å². The number of benzene rings is 1. The van der Waals surface area contributed by atoms with Gasteiger partial charge < -0.3 is 10.1 Å². The SMILES string of the molecule is CCOC(=O)c1cnn(-c2ccc(NC=C(C#N)C#N)cc2)c1C(F)(F)F. The summed E-state index contributed by atoms with van der Waals surface area (Å²) >= 11 is 0. The number of nitrogens with one attached hydrogen (secondary N) is 1. The number of nitrogens with zero attached hydrogens (tertiary/aromatic N) is 4. The predicted molar refractivity (Wildman–Crippen MR) is 87.5 cm³/mol. The molecule has 1 N–H and O–H groups in total. The van der Waals surface area contributed by atoms with Crippen LogP contribution < -0.4 is 5.32 Å². The van der Waals surface area contributed by atoms with Crippen LogP contribution in [-0.4, -0.2) is 22.4 Å². The fourth-order valence-corrected chi connectivity index (χ4v) is 2.12. The van der Waals surface area contributed by atoms with Gasteiger partial charge in [0.15, 0.2) is 5.69 Å². The molecule has 0 saturated heterocycles. The molecule has 1 aromatic carbocycles. The van der Waals surface area contributed by atoms with E-state index in [1.54, 1.807) is 12.1 Å². The zero-order chi connectivity index (χ0) is 20.0. The first kappa shape index (κ1) is 19.5. The first-order valence-electron chi connectivity index (χ1n) is 7.51. The molecule has 0 fully saturated rings. The van der Waals surface area contributed by atoms with Crippen molar-refractivity contribution in [2.24, 2.45) is 0 Å². The molecular formula is C17H12F3N5O2. The molecule has 27 heavy (non-hydrogen) atoms. The monoisotopic (exact) mass is 375 g/mol. The van der Waals surface area contributed by atoms with Gasteiger partial charge in [0.2, 0.25) is 0 Å². The van der Waals surface area contributed by atoms with Crippen LogP contribution in [0.1, 0.15) is 23.0 Å². The van der Waals surface area contributed by atoms with Crippen LogP contribution in [0.4, 0.5) is 18.9 Å². The Morgan fingerprint density at radius 1 is 1.30 bits per heavy atom. The van der Waals surface area contributed by atoms with E-state index in [4.69, 9.17) is 10.5 Å². The van der Waals surface area contributed by atoms with Crippen molar-refractivity contribution < 1.29 is 22.7 Å². The zero-order valence-corrected chi connectivity index (χ0v) is 13.9. The van der Waals surface area contributed by atoms with Gasteiger partial charge in [-0.2, -0.15) is 28.8 Å². The molecule has 0 unspecified atom stereocenters. The smallest absolute Gasteiger partial charge is 0.434 e. The van der Waals surface area contributed by atoms with E-state index in [1.807, 2.05) is 0 Å². The van der Waals surface area contributed by atoms with Crippen LogP contribution in [0, 0.1) is 22.7 Å². The Bertz CT molecular complexity index is 931. The molecule has 0 saturated carbocycles. The summed E-state index contributed by atoms with van der Waals surface area (Å²) < 4.78 is 45.6. The number of alkyl halides is 3. The summed E-state index contributed by atoms with van der Waals surface area (Å²) in [6, 6.07) is 8.87. The molecule has 0 atom stereocenters. The van der Waals surface area contributed by atoms with E-state index in [0.29, 0.717) is 10.4 Å². The standard InChI is InChI=1S/C17H12F3N5O2/c1-2-27-16(26)14-10-24-25(15(14)17(18,19)20)13-5-3-12(4-6-13)23-9-11(7-21)8-22/h3-6,9-10,23H,2H2,1H3. The third-order valence-electron chi connectivity index (χ3n) is 3.27. The van der Waals surface area contributed by atoms with Gasteiger partial charge in [-0.1, -0.05) is 0 Å². The second kappa shape index (κ2) is 8.06. The molecule has 0 bridgehead atoms. The molecule has 2 rings (SSSR count). The van der Waals surface area contributed by atoms with E-state index in [0.717, 1.165) is 6.20 Å². The molecule has 10 heteroatoms. The van der Waals surface area contributed by atoms with Gasteiger partial charge in [0, 0.05) is 11.9 Å². The molecular weight excluding hydrogens is 363 g/mol. The number of rotatable bonds is 5. The van der Waals surface area contributed by atoms with Crippen LogP contribution in [0.25, 0.3) is 5.69 Å². The van der Waals surface area contributed by atoms with Crippen LogP contribution in [0.3, 0.4) is 0 Å². The molecule has 0 aliphatic rings. The lowest BCUT2D eigenvalue weighted by atomic mass is 10.2. The van der Waals surface area contributed by atoms with Crippen molar-refractivity contribution in [2.75, 3.05) is 11.9 Å². The molecule has 138 valence electrons. The highest BCUT2D eigenvalue weighted by molar-refractivity contribution is 5.90. The second-order valence-corrected chi connectivity index (χ2v) is 5.01. The largest absolute Gasteiger partial charge is 0.462 e. The first-order chi connectivity index (χ1) is 12.8. The maximum atomic E-state index is 13.4. The van der Waals surface area contributed by atoms with E-state index in [-0.39, 0.29) is 17.9 Å². The van der Waals surface area contributed by atoms with Gasteiger partial charge in [0.05, 0.1) is 18.5 Å². The number of anilines is 1. The van der Waals surface area contributed by atoms with Crippen LogP contribution in [0.5, 0.6) is 0 Å². The number of carbonyl (C=O) groups is 1. The summed E-state index contributed by atoms with van der Waals surface area (Å²) in [7, 11) is 0. The van der Waals surface area contributed by atoms with Crippen molar-refractivity contribution in [3.63, 3.8) is 0 Å².